The number of sulfonamides is 1. The summed E-state index contributed by atoms with van der Waals surface area (Å²) in [5, 5.41) is -0.398. The maximum Gasteiger partial charge on any atom is 0.244 e. The van der Waals surface area contributed by atoms with Gasteiger partial charge in [-0.25, -0.2) is 17.5 Å². The Bertz CT molecular complexity index is 633. The summed E-state index contributed by atoms with van der Waals surface area (Å²) in [5.41, 5.74) is 5.46. The number of nitrogen functional groups attached to an aromatic ring is 1. The number of hydrogen-bond acceptors (Lipinski definition) is 4. The Labute approximate surface area is 128 Å². The number of likely N-dealkylation sites (N-methyl/N-ethyl adjacent to an activating group) is 1. The van der Waals surface area contributed by atoms with Crippen LogP contribution >= 0.6 is 11.6 Å². The number of rotatable bonds is 6. The van der Waals surface area contributed by atoms with Crippen LogP contribution in [0.2, 0.25) is 5.02 Å². The molecular formula is C12H17ClFN3O3S. The molecule has 0 radical (unpaired) electrons. The monoisotopic (exact) mass is 337 g/mol. The van der Waals surface area contributed by atoms with Crippen LogP contribution in [0.4, 0.5) is 10.1 Å². The zero-order chi connectivity index (χ0) is 16.2. The Morgan fingerprint density at radius 1 is 1.38 bits per heavy atom. The molecule has 0 aliphatic rings. The molecule has 1 amide bonds. The normalized spacial score (nSPS) is 11.4. The topological polar surface area (TPSA) is 92.5 Å². The first-order chi connectivity index (χ1) is 9.72. The minimum absolute atomic E-state index is 0.0110. The van der Waals surface area contributed by atoms with Crippen LogP contribution in [0, 0.1) is 5.82 Å². The molecule has 0 aliphatic carbocycles. The standard InChI is InChI=1S/C12H17ClFN3O3S/c1-3-17(4-2)11(18)7-16-21(19,20)10-6-8(15)5-9(13)12(10)14/h5-6,16H,3-4,7,15H2,1-2H3. The highest BCUT2D eigenvalue weighted by molar-refractivity contribution is 7.89. The Morgan fingerprint density at radius 3 is 2.48 bits per heavy atom. The van der Waals surface area contributed by atoms with Crippen molar-refractivity contribution in [3.8, 4) is 0 Å². The van der Waals surface area contributed by atoms with Crippen molar-refractivity contribution < 1.29 is 17.6 Å². The van der Waals surface area contributed by atoms with E-state index in [4.69, 9.17) is 17.3 Å². The molecule has 1 aromatic rings. The van der Waals surface area contributed by atoms with Gasteiger partial charge in [0.05, 0.1) is 11.6 Å². The number of halogens is 2. The molecule has 0 saturated carbocycles. The van der Waals surface area contributed by atoms with Crippen molar-refractivity contribution in [3.05, 3.63) is 23.0 Å². The number of nitrogens with one attached hydrogen (secondary N) is 1. The lowest BCUT2D eigenvalue weighted by Gasteiger charge is -2.18. The molecule has 0 unspecified atom stereocenters. The molecule has 0 aliphatic heterocycles. The van der Waals surface area contributed by atoms with E-state index in [9.17, 15) is 17.6 Å². The van der Waals surface area contributed by atoms with Gasteiger partial charge in [0.15, 0.2) is 5.82 Å². The zero-order valence-corrected chi connectivity index (χ0v) is 13.3. The van der Waals surface area contributed by atoms with Crippen LogP contribution in [-0.2, 0) is 14.8 Å². The summed E-state index contributed by atoms with van der Waals surface area (Å²) in [5.74, 6) is -1.51. The highest BCUT2D eigenvalue weighted by Crippen LogP contribution is 2.25. The van der Waals surface area contributed by atoms with Gasteiger partial charge < -0.3 is 10.6 Å². The van der Waals surface area contributed by atoms with Crippen molar-refractivity contribution in [1.29, 1.82) is 0 Å². The van der Waals surface area contributed by atoms with Crippen molar-refractivity contribution in [1.82, 2.24) is 9.62 Å². The lowest BCUT2D eigenvalue weighted by atomic mass is 10.3. The molecule has 1 rings (SSSR count). The first-order valence-corrected chi connectivity index (χ1v) is 8.11. The zero-order valence-electron chi connectivity index (χ0n) is 11.7. The summed E-state index contributed by atoms with van der Waals surface area (Å²) in [7, 11) is -4.22. The van der Waals surface area contributed by atoms with Gasteiger partial charge in [-0.15, -0.1) is 0 Å². The number of hydrogen-bond donors (Lipinski definition) is 2. The van der Waals surface area contributed by atoms with Crippen molar-refractivity contribution in [2.75, 3.05) is 25.4 Å². The van der Waals surface area contributed by atoms with E-state index in [0.717, 1.165) is 12.1 Å². The van der Waals surface area contributed by atoms with Crippen LogP contribution in [0.15, 0.2) is 17.0 Å². The predicted octanol–water partition coefficient (Wildman–Crippen LogP) is 1.21. The van der Waals surface area contributed by atoms with Crippen molar-refractivity contribution in [2.45, 2.75) is 18.7 Å². The molecule has 21 heavy (non-hydrogen) atoms. The summed E-state index contributed by atoms with van der Waals surface area (Å²) in [6, 6.07) is 2.06. The second kappa shape index (κ2) is 7.06. The van der Waals surface area contributed by atoms with E-state index in [-0.39, 0.29) is 5.69 Å². The van der Waals surface area contributed by atoms with Crippen molar-refractivity contribution in [3.63, 3.8) is 0 Å². The third kappa shape index (κ3) is 4.29. The minimum atomic E-state index is -4.22. The summed E-state index contributed by atoms with van der Waals surface area (Å²) >= 11 is 5.56. The van der Waals surface area contributed by atoms with Gasteiger partial charge in [0.2, 0.25) is 15.9 Å². The number of carbonyl (C=O) groups excluding carboxylic acids is 1. The number of nitrogens with two attached hydrogens (primary N) is 1. The van der Waals surface area contributed by atoms with E-state index in [1.54, 1.807) is 13.8 Å². The van der Waals surface area contributed by atoms with E-state index in [2.05, 4.69) is 0 Å². The lowest BCUT2D eigenvalue weighted by molar-refractivity contribution is -0.129. The number of amides is 1. The van der Waals surface area contributed by atoms with E-state index >= 15 is 0 Å². The fraction of sp³-hybridized carbons (Fsp3) is 0.417. The molecule has 0 fully saturated rings. The molecule has 0 atom stereocenters. The number of benzene rings is 1. The van der Waals surface area contributed by atoms with Crippen LogP contribution in [0.25, 0.3) is 0 Å². The third-order valence-electron chi connectivity index (χ3n) is 2.84. The van der Waals surface area contributed by atoms with Crippen LogP contribution in [0.1, 0.15) is 13.8 Å². The van der Waals surface area contributed by atoms with Gasteiger partial charge in [-0.3, -0.25) is 4.79 Å². The third-order valence-corrected chi connectivity index (χ3v) is 4.51. The number of anilines is 1. The van der Waals surface area contributed by atoms with Gasteiger partial charge in [-0.1, -0.05) is 11.6 Å². The SMILES string of the molecule is CCN(CC)C(=O)CNS(=O)(=O)c1cc(N)cc(Cl)c1F. The second-order valence-electron chi connectivity index (χ2n) is 4.21. The van der Waals surface area contributed by atoms with Gasteiger partial charge >= 0.3 is 0 Å². The van der Waals surface area contributed by atoms with Crippen LogP contribution in [-0.4, -0.2) is 38.9 Å². The maximum atomic E-state index is 13.8. The molecule has 0 bridgehead atoms. The Kier molecular flexibility index (Phi) is 5.94. The molecule has 0 saturated heterocycles. The van der Waals surface area contributed by atoms with Crippen molar-refractivity contribution in [2.24, 2.45) is 0 Å². The second-order valence-corrected chi connectivity index (χ2v) is 6.35. The average Bonchev–Trinajstić information content (AvgIpc) is 2.42. The summed E-state index contributed by atoms with van der Waals surface area (Å²) in [4.78, 5) is 12.5. The molecule has 9 heteroatoms. The maximum absolute atomic E-state index is 13.8. The fourth-order valence-electron chi connectivity index (χ4n) is 1.70. The summed E-state index contributed by atoms with van der Waals surface area (Å²) in [6.07, 6.45) is 0. The van der Waals surface area contributed by atoms with Gasteiger partial charge in [-0.2, -0.15) is 0 Å². The Balaban J connectivity index is 2.96. The Hall–Kier alpha value is -1.38. The number of carbonyl (C=O) groups is 1. The molecule has 118 valence electrons. The fourth-order valence-corrected chi connectivity index (χ4v) is 3.09. The van der Waals surface area contributed by atoms with Gasteiger partial charge in [0.25, 0.3) is 0 Å². The first-order valence-electron chi connectivity index (χ1n) is 6.24. The van der Waals surface area contributed by atoms with Crippen LogP contribution in [0.3, 0.4) is 0 Å². The van der Waals surface area contributed by atoms with Gasteiger partial charge in [0, 0.05) is 18.8 Å². The smallest absolute Gasteiger partial charge is 0.244 e. The van der Waals surface area contributed by atoms with E-state index in [0.29, 0.717) is 13.1 Å². The molecule has 3 N–H and O–H groups in total. The average molecular weight is 338 g/mol. The summed E-state index contributed by atoms with van der Waals surface area (Å²) in [6.45, 7) is 3.99. The lowest BCUT2D eigenvalue weighted by Crippen LogP contribution is -2.40. The predicted molar refractivity (Wildman–Crippen MR) is 78.9 cm³/mol. The molecule has 6 nitrogen and oxygen atoms in total. The largest absolute Gasteiger partial charge is 0.399 e. The van der Waals surface area contributed by atoms with Gasteiger partial charge in [0.1, 0.15) is 4.90 Å². The molecule has 1 aromatic carbocycles. The van der Waals surface area contributed by atoms with Crippen LogP contribution in [0.5, 0.6) is 0 Å². The van der Waals surface area contributed by atoms with E-state index in [1.807, 2.05) is 4.72 Å². The number of nitrogens with zero attached hydrogens (tertiary/aromatic N) is 1. The highest BCUT2D eigenvalue weighted by Gasteiger charge is 2.23. The Morgan fingerprint density at radius 2 is 1.95 bits per heavy atom. The first kappa shape index (κ1) is 17.7. The van der Waals surface area contributed by atoms with Crippen molar-refractivity contribution >= 4 is 33.2 Å². The van der Waals surface area contributed by atoms with Crippen LogP contribution < -0.4 is 10.5 Å². The molecule has 0 aromatic heterocycles. The van der Waals surface area contributed by atoms with E-state index < -0.39 is 38.2 Å². The molecule has 0 heterocycles. The van der Waals surface area contributed by atoms with Gasteiger partial charge in [-0.05, 0) is 26.0 Å². The quantitative estimate of drug-likeness (QED) is 0.763. The highest BCUT2D eigenvalue weighted by atomic mass is 35.5. The molecule has 0 spiro atoms. The molecular weight excluding hydrogens is 321 g/mol. The summed E-state index contributed by atoms with van der Waals surface area (Å²) < 4.78 is 39.9. The van der Waals surface area contributed by atoms with E-state index in [1.165, 1.54) is 4.90 Å². The minimum Gasteiger partial charge on any atom is -0.399 e.